The van der Waals surface area contributed by atoms with Crippen LogP contribution in [0.15, 0.2) is 36.1 Å². The summed E-state index contributed by atoms with van der Waals surface area (Å²) in [5.74, 6) is 0.406. The number of ether oxygens (including phenoxy) is 2. The maximum atomic E-state index is 14.0. The van der Waals surface area contributed by atoms with Crippen molar-refractivity contribution in [3.05, 3.63) is 53.6 Å². The average Bonchev–Trinajstić information content (AvgIpc) is 3.14. The second kappa shape index (κ2) is 7.94. The van der Waals surface area contributed by atoms with Gasteiger partial charge in [-0.05, 0) is 26.2 Å². The molecule has 1 aromatic carbocycles. The van der Waals surface area contributed by atoms with E-state index in [1.165, 1.54) is 19.2 Å². The number of nitrogens with one attached hydrogen (secondary N) is 1. The maximum Gasteiger partial charge on any atom is 0.198 e. The predicted octanol–water partition coefficient (Wildman–Crippen LogP) is 4.16. The number of pyridine rings is 1. The van der Waals surface area contributed by atoms with Crippen LogP contribution in [-0.2, 0) is 17.2 Å². The molecular formula is C21H22FN3O3S. The molecule has 152 valence electrons. The van der Waals surface area contributed by atoms with E-state index >= 15 is 0 Å². The largest absolute Gasteiger partial charge is 0.494 e. The third kappa shape index (κ3) is 3.53. The van der Waals surface area contributed by atoms with Crippen LogP contribution in [0.4, 0.5) is 4.39 Å². The zero-order valence-electron chi connectivity index (χ0n) is 16.3. The van der Waals surface area contributed by atoms with Gasteiger partial charge in [-0.1, -0.05) is 12.7 Å². The lowest BCUT2D eigenvalue weighted by molar-refractivity contribution is 0.353. The van der Waals surface area contributed by atoms with Crippen molar-refractivity contribution in [2.75, 3.05) is 13.7 Å². The minimum Gasteiger partial charge on any atom is -0.494 e. The van der Waals surface area contributed by atoms with E-state index in [0.717, 1.165) is 41.8 Å². The normalized spacial score (nSPS) is 17.0. The number of nitrogens with zero attached hydrogens (tertiary/aromatic N) is 2. The highest BCUT2D eigenvalue weighted by Crippen LogP contribution is 2.40. The smallest absolute Gasteiger partial charge is 0.198 e. The van der Waals surface area contributed by atoms with Crippen LogP contribution in [0.25, 0.3) is 11.0 Å². The molecule has 2 unspecified atom stereocenters. The summed E-state index contributed by atoms with van der Waals surface area (Å²) in [6, 6.07) is 2.80. The topological polar surface area (TPSA) is 77.1 Å². The molecule has 0 saturated heterocycles. The van der Waals surface area contributed by atoms with Crippen LogP contribution in [0.2, 0.25) is 0 Å². The molecule has 1 aliphatic rings. The van der Waals surface area contributed by atoms with E-state index in [2.05, 4.69) is 21.5 Å². The zero-order chi connectivity index (χ0) is 20.5. The molecule has 0 spiro atoms. The van der Waals surface area contributed by atoms with Crippen molar-refractivity contribution in [2.24, 2.45) is 0 Å². The minimum absolute atomic E-state index is 0.102. The quantitative estimate of drug-likeness (QED) is 0.612. The number of methoxy groups -OCH3 is 1. The molecule has 3 aromatic rings. The van der Waals surface area contributed by atoms with E-state index in [0.29, 0.717) is 22.8 Å². The molecule has 0 amide bonds. The summed E-state index contributed by atoms with van der Waals surface area (Å²) in [4.78, 5) is 12.0. The fourth-order valence-electron chi connectivity index (χ4n) is 3.70. The number of halogens is 1. The Bertz CT molecular complexity index is 1110. The second-order valence-corrected chi connectivity index (χ2v) is 8.51. The zero-order valence-corrected chi connectivity index (χ0v) is 17.1. The molecule has 2 atom stereocenters. The van der Waals surface area contributed by atoms with Gasteiger partial charge in [0, 0.05) is 29.5 Å². The average molecular weight is 415 g/mol. The highest BCUT2D eigenvalue weighted by Gasteiger charge is 2.32. The van der Waals surface area contributed by atoms with Crippen molar-refractivity contribution < 1.29 is 18.1 Å². The number of imidazole rings is 1. The van der Waals surface area contributed by atoms with Gasteiger partial charge in [-0.25, -0.2) is 9.37 Å². The molecule has 0 bridgehead atoms. The van der Waals surface area contributed by atoms with Crippen molar-refractivity contribution in [2.45, 2.75) is 36.6 Å². The molecule has 2 heterocycles. The highest BCUT2D eigenvalue weighted by atomic mass is 32.2. The van der Waals surface area contributed by atoms with E-state index in [1.54, 1.807) is 12.3 Å². The van der Waals surface area contributed by atoms with Gasteiger partial charge in [-0.15, -0.1) is 0 Å². The summed E-state index contributed by atoms with van der Waals surface area (Å²) in [5.41, 5.74) is 3.72. The van der Waals surface area contributed by atoms with Gasteiger partial charge >= 0.3 is 0 Å². The first-order valence-electron chi connectivity index (χ1n) is 9.39. The van der Waals surface area contributed by atoms with E-state index in [4.69, 9.17) is 9.47 Å². The number of aromatic amines is 1. The van der Waals surface area contributed by atoms with Gasteiger partial charge in [0.1, 0.15) is 12.4 Å². The molecule has 1 N–H and O–H groups in total. The molecule has 1 aliphatic carbocycles. The fraction of sp³-hybridized carbons (Fsp3) is 0.333. The van der Waals surface area contributed by atoms with Crippen LogP contribution in [0.1, 0.15) is 34.9 Å². The summed E-state index contributed by atoms with van der Waals surface area (Å²) in [7, 11) is -0.0704. The van der Waals surface area contributed by atoms with E-state index in [9.17, 15) is 8.60 Å². The lowest BCUT2D eigenvalue weighted by Gasteiger charge is -2.25. The Labute approximate surface area is 170 Å². The Morgan fingerprint density at radius 3 is 3.03 bits per heavy atom. The number of aryl methyl sites for hydroxylation is 1. The van der Waals surface area contributed by atoms with E-state index < -0.39 is 16.6 Å². The maximum absolute atomic E-state index is 14.0. The Balaban J connectivity index is 1.72. The van der Waals surface area contributed by atoms with Crippen molar-refractivity contribution in [1.82, 2.24) is 15.0 Å². The summed E-state index contributed by atoms with van der Waals surface area (Å²) >= 11 is 0. The Kier molecular flexibility index (Phi) is 5.36. The van der Waals surface area contributed by atoms with Gasteiger partial charge in [0.05, 0.1) is 39.9 Å². The van der Waals surface area contributed by atoms with Gasteiger partial charge in [-0.2, -0.15) is 0 Å². The SMILES string of the molecule is C=CCOc1c(C)cnc2c1CCCC2S(=O)c1nc2cc(OC)c(F)cc2[nH]1. The van der Waals surface area contributed by atoms with Gasteiger partial charge in [0.2, 0.25) is 0 Å². The lowest BCUT2D eigenvalue weighted by Crippen LogP contribution is -2.19. The Morgan fingerprint density at radius 1 is 1.45 bits per heavy atom. The molecule has 0 fully saturated rings. The molecule has 4 rings (SSSR count). The lowest BCUT2D eigenvalue weighted by atomic mass is 9.93. The Morgan fingerprint density at radius 2 is 2.28 bits per heavy atom. The first-order valence-corrected chi connectivity index (χ1v) is 10.6. The van der Waals surface area contributed by atoms with Gasteiger partial charge in [0.15, 0.2) is 16.7 Å². The summed E-state index contributed by atoms with van der Waals surface area (Å²) in [5, 5.41) is -0.000765. The van der Waals surface area contributed by atoms with Gasteiger partial charge < -0.3 is 14.5 Å². The van der Waals surface area contributed by atoms with Crippen molar-refractivity contribution in [3.8, 4) is 11.5 Å². The standard InChI is InChI=1S/C21H22FN3O3S/c1-4-8-28-20-12(2)11-23-19-13(20)6-5-7-18(19)29(26)21-24-15-9-14(22)17(27-3)10-16(15)25-21/h4,9-11,18H,1,5-8H2,2-3H3,(H,24,25). The molecule has 0 radical (unpaired) electrons. The number of fused-ring (bicyclic) bond motifs is 2. The molecule has 6 nitrogen and oxygen atoms in total. The van der Waals surface area contributed by atoms with Crippen LogP contribution in [0, 0.1) is 12.7 Å². The van der Waals surface area contributed by atoms with Gasteiger partial charge in [0.25, 0.3) is 0 Å². The van der Waals surface area contributed by atoms with Gasteiger partial charge in [-0.3, -0.25) is 9.19 Å². The highest BCUT2D eigenvalue weighted by molar-refractivity contribution is 7.85. The third-order valence-corrected chi connectivity index (χ3v) is 6.62. The fourth-order valence-corrected chi connectivity index (χ4v) is 5.16. The molecule has 8 heteroatoms. The molecule has 29 heavy (non-hydrogen) atoms. The first kappa shape index (κ1) is 19.6. The monoisotopic (exact) mass is 415 g/mol. The number of H-pyrrole nitrogens is 1. The minimum atomic E-state index is -1.47. The van der Waals surface area contributed by atoms with Crippen LogP contribution in [-0.4, -0.2) is 32.9 Å². The number of benzene rings is 1. The van der Waals surface area contributed by atoms with E-state index in [1.807, 2.05) is 6.92 Å². The number of hydrogen-bond donors (Lipinski definition) is 1. The van der Waals surface area contributed by atoms with Crippen molar-refractivity contribution >= 4 is 21.8 Å². The summed E-state index contributed by atoms with van der Waals surface area (Å²) in [6.45, 7) is 6.06. The van der Waals surface area contributed by atoms with Crippen molar-refractivity contribution in [3.63, 3.8) is 0 Å². The van der Waals surface area contributed by atoms with E-state index in [-0.39, 0.29) is 11.0 Å². The summed E-state index contributed by atoms with van der Waals surface area (Å²) in [6.07, 6.45) is 5.89. The molecule has 2 aromatic heterocycles. The molecule has 0 saturated carbocycles. The first-order chi connectivity index (χ1) is 14.0. The Hall–Kier alpha value is -2.74. The number of aromatic nitrogens is 3. The molecular weight excluding hydrogens is 393 g/mol. The van der Waals surface area contributed by atoms with Crippen LogP contribution < -0.4 is 9.47 Å². The van der Waals surface area contributed by atoms with Crippen molar-refractivity contribution in [1.29, 1.82) is 0 Å². The third-order valence-electron chi connectivity index (χ3n) is 5.07. The second-order valence-electron chi connectivity index (χ2n) is 6.96. The van der Waals surface area contributed by atoms with Crippen LogP contribution in [0.5, 0.6) is 11.5 Å². The summed E-state index contributed by atoms with van der Waals surface area (Å²) < 4.78 is 38.2. The van der Waals surface area contributed by atoms with Crippen LogP contribution >= 0.6 is 0 Å². The van der Waals surface area contributed by atoms with Crippen LogP contribution in [0.3, 0.4) is 0 Å². The number of rotatable bonds is 6. The predicted molar refractivity (Wildman–Crippen MR) is 109 cm³/mol. The number of hydrogen-bond acceptors (Lipinski definition) is 5. The molecule has 0 aliphatic heterocycles.